The lowest BCUT2D eigenvalue weighted by Crippen LogP contribution is -2.50. The van der Waals surface area contributed by atoms with Crippen molar-refractivity contribution in [2.45, 2.75) is 176 Å². The molecule has 4 amide bonds. The van der Waals surface area contributed by atoms with E-state index in [-0.39, 0.29) is 143 Å². The third kappa shape index (κ3) is 24.2. The number of carbonyl (C=O) groups is 11. The van der Waals surface area contributed by atoms with Crippen LogP contribution in [-0.4, -0.2) is 156 Å². The monoisotopic (exact) mass is 1180 g/mol. The quantitative estimate of drug-likeness (QED) is 0.0492. The van der Waals surface area contributed by atoms with Crippen LogP contribution in [0.4, 0.5) is 5.69 Å². The molecule has 0 saturated heterocycles. The van der Waals surface area contributed by atoms with Crippen LogP contribution in [0.5, 0.6) is 5.75 Å². The van der Waals surface area contributed by atoms with Gasteiger partial charge in [0, 0.05) is 95.5 Å². The Morgan fingerprint density at radius 3 is 2.07 bits per heavy atom. The number of fused-ring (bicyclic) bond motifs is 1. The Hall–Kier alpha value is -6.74. The Labute approximate surface area is 491 Å². The number of thiazole rings is 1. The maximum Gasteiger partial charge on any atom is 0.313 e. The molecule has 4 N–H and O–H groups in total. The molecule has 1 aliphatic rings. The summed E-state index contributed by atoms with van der Waals surface area (Å²) < 4.78 is 22.5. The minimum Gasteiger partial charge on any atom is -0.481 e. The van der Waals surface area contributed by atoms with Crippen molar-refractivity contribution in [3.05, 3.63) is 39.8 Å². The molecular formula is C60H86N6O16S. The van der Waals surface area contributed by atoms with Gasteiger partial charge in [-0.05, 0) is 102 Å². The molecule has 1 aromatic carbocycles. The van der Waals surface area contributed by atoms with Crippen LogP contribution in [0.15, 0.2) is 23.6 Å². The number of nitrogens with zero attached hydrogens (tertiary/aromatic N) is 3. The molecule has 3 rings (SSSR count). The van der Waals surface area contributed by atoms with Crippen LogP contribution < -0.4 is 20.7 Å². The van der Waals surface area contributed by atoms with Gasteiger partial charge in [0.05, 0.1) is 42.8 Å². The molecule has 2 heterocycles. The van der Waals surface area contributed by atoms with Gasteiger partial charge in [-0.2, -0.15) is 0 Å². The molecule has 458 valence electrons. The van der Waals surface area contributed by atoms with Gasteiger partial charge in [-0.1, -0.05) is 47.1 Å². The average molecular weight is 1180 g/mol. The van der Waals surface area contributed by atoms with Gasteiger partial charge in [-0.15, -0.1) is 11.3 Å². The standard InChI is InChI=1S/C60H86N6O16S/c1-13-37(4)45(33-52(71)60(8,9)65(10)11)58(76)66(12)48(36(2)3)34-51(81-40(7)67)57-64-47(35-83-57)56(75)62-42(30-38(5)59(77)78)31-41-18-22-50-46(32-41)63-53(72)23-21-49(70)39(6)61-54(73)24-28-79-26-14-16-43(68)19-20-44(69)17-15-27-80-29-25-55(74)82-50/h18,22,32,35-39,42,45,48,51H,13-17,21,23-31,33-34H2,1-12H3,(H,61,73)(H,62,75)(H,63,72)(H,77,78)/t37-,38?,39?,42+,45-,48+,51+/m0/s1. The number of amides is 4. The van der Waals surface area contributed by atoms with Crippen LogP contribution in [0.25, 0.3) is 0 Å². The summed E-state index contributed by atoms with van der Waals surface area (Å²) in [5.41, 5.74) is -0.379. The Kier molecular flexibility index (Phi) is 29.5. The highest BCUT2D eigenvalue weighted by Gasteiger charge is 2.39. The summed E-state index contributed by atoms with van der Waals surface area (Å²) in [5.74, 6) is -3.18. The minimum absolute atomic E-state index is 0.00118. The minimum atomic E-state index is -1.13. The molecular weight excluding hydrogens is 1090 g/mol. The number of aromatic nitrogens is 1. The smallest absolute Gasteiger partial charge is 0.313 e. The predicted octanol–water partition coefficient (Wildman–Crippen LogP) is 6.26. The van der Waals surface area contributed by atoms with Gasteiger partial charge in [0.1, 0.15) is 10.7 Å². The van der Waals surface area contributed by atoms with E-state index in [4.69, 9.17) is 18.9 Å². The van der Waals surface area contributed by atoms with Gasteiger partial charge in [-0.25, -0.2) is 4.98 Å². The first-order valence-electron chi connectivity index (χ1n) is 28.4. The molecule has 0 saturated carbocycles. The number of carboxylic acid groups (broad SMARTS) is 1. The molecule has 1 aliphatic heterocycles. The lowest BCUT2D eigenvalue weighted by Gasteiger charge is -2.38. The molecule has 2 aromatic rings. The lowest BCUT2D eigenvalue weighted by atomic mass is 9.81. The van der Waals surface area contributed by atoms with Crippen molar-refractivity contribution < 1.29 is 76.8 Å². The molecule has 0 radical (unpaired) electrons. The second kappa shape index (κ2) is 34.8. The number of aliphatic carboxylic acids is 1. The summed E-state index contributed by atoms with van der Waals surface area (Å²) >= 11 is 1.06. The Balaban J connectivity index is 1.91. The fraction of sp³-hybridized carbons (Fsp3) is 0.633. The fourth-order valence-corrected chi connectivity index (χ4v) is 9.66. The van der Waals surface area contributed by atoms with E-state index in [2.05, 4.69) is 32.8 Å². The van der Waals surface area contributed by atoms with Crippen molar-refractivity contribution in [1.82, 2.24) is 25.4 Å². The highest BCUT2D eigenvalue weighted by molar-refractivity contribution is 7.09. The van der Waals surface area contributed by atoms with Crippen molar-refractivity contribution in [2.24, 2.45) is 23.7 Å². The van der Waals surface area contributed by atoms with Gasteiger partial charge in [0.25, 0.3) is 5.91 Å². The number of likely N-dealkylation sites (N-methyl/N-ethyl adjacent to an activating group) is 1. The summed E-state index contributed by atoms with van der Waals surface area (Å²) in [6, 6.07) is 2.17. The Bertz CT molecular complexity index is 2670. The Morgan fingerprint density at radius 2 is 1.49 bits per heavy atom. The van der Waals surface area contributed by atoms with E-state index < -0.39 is 94.6 Å². The van der Waals surface area contributed by atoms with E-state index >= 15 is 0 Å². The number of nitrogens with one attached hydrogen (secondary N) is 3. The molecule has 0 aliphatic carbocycles. The van der Waals surface area contributed by atoms with Crippen molar-refractivity contribution in [3.63, 3.8) is 0 Å². The van der Waals surface area contributed by atoms with E-state index in [9.17, 15) is 57.8 Å². The van der Waals surface area contributed by atoms with E-state index in [1.807, 2.05) is 60.5 Å². The normalized spacial score (nSPS) is 18.5. The third-order valence-corrected chi connectivity index (χ3v) is 15.7. The number of benzene rings is 1. The molecule has 0 bridgehead atoms. The number of ketones is 4. The van der Waals surface area contributed by atoms with Gasteiger partial charge in [0.15, 0.2) is 23.4 Å². The first-order chi connectivity index (χ1) is 39.0. The maximum atomic E-state index is 14.4. The number of hydrogen-bond acceptors (Lipinski definition) is 18. The molecule has 83 heavy (non-hydrogen) atoms. The van der Waals surface area contributed by atoms with Crippen LogP contribution >= 0.6 is 11.3 Å². The first kappa shape index (κ1) is 70.5. The zero-order chi connectivity index (χ0) is 62.1. The van der Waals surface area contributed by atoms with Crippen molar-refractivity contribution in [2.75, 3.05) is 52.9 Å². The third-order valence-electron chi connectivity index (χ3n) is 14.8. The molecule has 23 heteroatoms. The van der Waals surface area contributed by atoms with Crippen LogP contribution in [0.3, 0.4) is 0 Å². The number of rotatable bonds is 20. The summed E-state index contributed by atoms with van der Waals surface area (Å²) in [7, 11) is 5.31. The van der Waals surface area contributed by atoms with Crippen molar-refractivity contribution in [3.8, 4) is 17.6 Å². The van der Waals surface area contributed by atoms with Crippen LogP contribution in [0, 0.1) is 35.5 Å². The van der Waals surface area contributed by atoms with Crippen molar-refractivity contribution >= 4 is 81.7 Å². The molecule has 0 fully saturated rings. The maximum absolute atomic E-state index is 14.4. The number of esters is 2. The van der Waals surface area contributed by atoms with E-state index in [1.165, 1.54) is 38.3 Å². The summed E-state index contributed by atoms with van der Waals surface area (Å²) in [5, 5.41) is 19.9. The topological polar surface area (TPSA) is 300 Å². The van der Waals surface area contributed by atoms with E-state index in [0.717, 1.165) is 11.3 Å². The van der Waals surface area contributed by atoms with Gasteiger partial charge >= 0.3 is 17.9 Å². The number of carboxylic acids is 1. The lowest BCUT2D eigenvalue weighted by molar-refractivity contribution is -0.150. The second-order valence-corrected chi connectivity index (χ2v) is 23.1. The number of Topliss-reactive ketones (excluding diaryl/α,β-unsaturated/α-hetero) is 4. The Morgan fingerprint density at radius 1 is 0.867 bits per heavy atom. The van der Waals surface area contributed by atoms with E-state index in [1.54, 1.807) is 18.0 Å². The second-order valence-electron chi connectivity index (χ2n) is 22.2. The van der Waals surface area contributed by atoms with Crippen LogP contribution in [0.2, 0.25) is 0 Å². The fourth-order valence-electron chi connectivity index (χ4n) is 8.82. The average Bonchev–Trinajstić information content (AvgIpc) is 4.09. The molecule has 7 atom stereocenters. The van der Waals surface area contributed by atoms with Crippen LogP contribution in [0.1, 0.15) is 167 Å². The highest BCUT2D eigenvalue weighted by atomic mass is 32.1. The molecule has 22 nitrogen and oxygen atoms in total. The summed E-state index contributed by atoms with van der Waals surface area (Å²) in [6.45, 7) is 15.8. The first-order valence-corrected chi connectivity index (χ1v) is 29.2. The number of carbonyl (C=O) groups excluding carboxylic acids is 10. The largest absolute Gasteiger partial charge is 0.481 e. The van der Waals surface area contributed by atoms with Crippen molar-refractivity contribution in [1.29, 1.82) is 0 Å². The number of ether oxygens (including phenoxy) is 4. The molecule has 1 aromatic heterocycles. The van der Waals surface area contributed by atoms with E-state index in [0.29, 0.717) is 18.4 Å². The molecule has 2 unspecified atom stereocenters. The predicted molar refractivity (Wildman–Crippen MR) is 309 cm³/mol. The highest BCUT2D eigenvalue weighted by Crippen LogP contribution is 2.34. The number of hydrogen-bond donors (Lipinski definition) is 4. The summed E-state index contributed by atoms with van der Waals surface area (Å²) in [4.78, 5) is 152. The van der Waals surface area contributed by atoms with Gasteiger partial charge in [-0.3, -0.25) is 57.6 Å². The van der Waals surface area contributed by atoms with Gasteiger partial charge < -0.3 is 44.9 Å². The summed E-state index contributed by atoms with van der Waals surface area (Å²) in [6.07, 6.45) is -0.476. The zero-order valence-corrected chi connectivity index (χ0v) is 51.1. The molecule has 0 spiro atoms. The van der Waals surface area contributed by atoms with Crippen LogP contribution in [-0.2, 0) is 68.6 Å². The SMILES string of the molecule is CC[C@H](C)[C@H](CC(=O)C(C)(C)N(C)C)C(=O)N(C)[C@H](C[C@@H](OC(C)=O)c1nc(C(=O)N[C@@H](Cc2ccc3c(c2)NC(=O)CCC(=O)C(C)NC(=O)CCOCCCC(=O)C#CC(=O)CCCOCCC(=O)O3)CC(C)C(=O)O)cs1)C(C)C. The number of anilines is 1. The van der Waals surface area contributed by atoms with Gasteiger partial charge in [0.2, 0.25) is 29.3 Å². The zero-order valence-electron chi connectivity index (χ0n) is 50.3.